The van der Waals surface area contributed by atoms with Crippen molar-refractivity contribution in [1.29, 1.82) is 0 Å². The average Bonchev–Trinajstić information content (AvgIpc) is 3.30. The fourth-order valence-corrected chi connectivity index (χ4v) is 4.96. The van der Waals surface area contributed by atoms with Crippen LogP contribution in [0.5, 0.6) is 5.75 Å². The van der Waals surface area contributed by atoms with Crippen LogP contribution in [0.4, 0.5) is 0 Å². The first-order chi connectivity index (χ1) is 17.6. The normalized spacial score (nSPS) is 21.2. The lowest BCUT2D eigenvalue weighted by Gasteiger charge is -2.30. The van der Waals surface area contributed by atoms with Gasteiger partial charge < -0.3 is 4.74 Å². The molecule has 1 unspecified atom stereocenters. The quantitative estimate of drug-likeness (QED) is 0.318. The van der Waals surface area contributed by atoms with E-state index >= 15 is 0 Å². The van der Waals surface area contributed by atoms with E-state index in [0.717, 1.165) is 27.8 Å². The summed E-state index contributed by atoms with van der Waals surface area (Å²) in [5.74, 6) is 5.91. The van der Waals surface area contributed by atoms with E-state index in [4.69, 9.17) is 29.2 Å². The van der Waals surface area contributed by atoms with Crippen molar-refractivity contribution in [3.8, 4) is 30.4 Å². The third kappa shape index (κ3) is 5.15. The Morgan fingerprint density at radius 1 is 0.919 bits per heavy atom. The summed E-state index contributed by atoms with van der Waals surface area (Å²) in [5.41, 5.74) is 3.72. The molecule has 3 aromatic carbocycles. The molecule has 4 rings (SSSR count). The van der Waals surface area contributed by atoms with Crippen LogP contribution in [0.2, 0.25) is 0 Å². The molecule has 0 bridgehead atoms. The molecule has 0 spiro atoms. The van der Waals surface area contributed by atoms with E-state index in [2.05, 4.69) is 43.2 Å². The average molecular weight is 511 g/mol. The first kappa shape index (κ1) is 26.5. The van der Waals surface area contributed by atoms with Gasteiger partial charge in [0.15, 0.2) is 5.66 Å². The molecule has 1 heterocycles. The monoisotopic (exact) mass is 510 g/mol. The zero-order valence-corrected chi connectivity index (χ0v) is 22.3. The van der Waals surface area contributed by atoms with Gasteiger partial charge in [-0.1, -0.05) is 69.0 Å². The van der Waals surface area contributed by atoms with Gasteiger partial charge in [-0.2, -0.15) is 0 Å². The standard InChI is InChI=1S/C32H31ClN2O2/c1-7-21-10-14-23(15-11-21)28-29(24-16-12-22(8-2)13-17-24)35-32(34-28,30(33)36)26-19-18-25(31(4,5)6)20-27(26)37-9-3/h1-2,10-20,28-29,34-35H,9H2,3-6H3/t28-,29+,32?. The Morgan fingerprint density at radius 2 is 1.41 bits per heavy atom. The maximum Gasteiger partial charge on any atom is 0.261 e. The minimum Gasteiger partial charge on any atom is -0.493 e. The van der Waals surface area contributed by atoms with Gasteiger partial charge >= 0.3 is 0 Å². The van der Waals surface area contributed by atoms with Gasteiger partial charge in [-0.15, -0.1) is 12.8 Å². The van der Waals surface area contributed by atoms with Gasteiger partial charge in [0, 0.05) is 16.7 Å². The van der Waals surface area contributed by atoms with Crippen molar-refractivity contribution in [2.24, 2.45) is 0 Å². The Bertz CT molecular complexity index is 1310. The Labute approximate surface area is 224 Å². The molecule has 37 heavy (non-hydrogen) atoms. The molecular formula is C32H31ClN2O2. The Hall–Kier alpha value is -3.54. The van der Waals surface area contributed by atoms with Crippen LogP contribution in [0.25, 0.3) is 0 Å². The summed E-state index contributed by atoms with van der Waals surface area (Å²) >= 11 is 6.41. The first-order valence-corrected chi connectivity index (χ1v) is 12.7. The van der Waals surface area contributed by atoms with E-state index in [9.17, 15) is 4.79 Å². The molecule has 0 aromatic heterocycles. The number of terminal acetylenes is 2. The number of benzene rings is 3. The maximum absolute atomic E-state index is 13.3. The van der Waals surface area contributed by atoms with Crippen molar-refractivity contribution in [3.05, 3.63) is 100 Å². The zero-order valence-electron chi connectivity index (χ0n) is 21.6. The van der Waals surface area contributed by atoms with Gasteiger partial charge in [0.1, 0.15) is 5.75 Å². The largest absolute Gasteiger partial charge is 0.493 e. The summed E-state index contributed by atoms with van der Waals surface area (Å²) in [6.45, 7) is 8.78. The molecule has 1 saturated heterocycles. The molecule has 2 N–H and O–H groups in total. The highest BCUT2D eigenvalue weighted by molar-refractivity contribution is 6.65. The highest BCUT2D eigenvalue weighted by atomic mass is 35.5. The molecule has 0 aliphatic carbocycles. The van der Waals surface area contributed by atoms with Gasteiger partial charge in [-0.05, 0) is 71.0 Å². The number of ether oxygens (including phenoxy) is 1. The number of halogens is 1. The second-order valence-corrected chi connectivity index (χ2v) is 10.5. The Morgan fingerprint density at radius 3 is 1.78 bits per heavy atom. The number of hydrogen-bond acceptors (Lipinski definition) is 4. The van der Waals surface area contributed by atoms with Crippen LogP contribution in [0.3, 0.4) is 0 Å². The first-order valence-electron chi connectivity index (χ1n) is 12.3. The van der Waals surface area contributed by atoms with Crippen LogP contribution in [0.15, 0.2) is 66.7 Å². The number of rotatable bonds is 6. The second kappa shape index (κ2) is 10.4. The minimum absolute atomic E-state index is 0.0956. The van der Waals surface area contributed by atoms with Crippen molar-refractivity contribution in [3.63, 3.8) is 0 Å². The van der Waals surface area contributed by atoms with Crippen LogP contribution in [-0.2, 0) is 15.9 Å². The smallest absolute Gasteiger partial charge is 0.261 e. The van der Waals surface area contributed by atoms with Crippen LogP contribution >= 0.6 is 11.6 Å². The highest BCUT2D eigenvalue weighted by Crippen LogP contribution is 2.45. The molecule has 4 nitrogen and oxygen atoms in total. The summed E-state index contributed by atoms with van der Waals surface area (Å²) in [4.78, 5) is 13.3. The molecule has 0 amide bonds. The molecule has 3 atom stereocenters. The molecular weight excluding hydrogens is 480 g/mol. The second-order valence-electron chi connectivity index (χ2n) is 10.2. The molecule has 188 valence electrons. The molecule has 5 heteroatoms. The van der Waals surface area contributed by atoms with E-state index in [1.807, 2.05) is 73.7 Å². The molecule has 0 radical (unpaired) electrons. The summed E-state index contributed by atoms with van der Waals surface area (Å²) < 4.78 is 6.07. The number of hydrogen-bond donors (Lipinski definition) is 2. The predicted molar refractivity (Wildman–Crippen MR) is 149 cm³/mol. The van der Waals surface area contributed by atoms with Crippen molar-refractivity contribution in [1.82, 2.24) is 10.6 Å². The predicted octanol–water partition coefficient (Wildman–Crippen LogP) is 5.94. The van der Waals surface area contributed by atoms with E-state index in [1.165, 1.54) is 0 Å². The Kier molecular flexibility index (Phi) is 7.49. The lowest BCUT2D eigenvalue weighted by atomic mass is 9.85. The molecule has 0 saturated carbocycles. The topological polar surface area (TPSA) is 50.4 Å². The summed E-state index contributed by atoms with van der Waals surface area (Å²) in [5, 5.41) is 6.51. The van der Waals surface area contributed by atoms with Crippen molar-refractivity contribution in [2.75, 3.05) is 6.61 Å². The van der Waals surface area contributed by atoms with Gasteiger partial charge in [0.05, 0.1) is 18.7 Å². The van der Waals surface area contributed by atoms with Crippen molar-refractivity contribution < 1.29 is 9.53 Å². The SMILES string of the molecule is C#Cc1ccc([C@H]2NC(C(=O)Cl)(c3ccc(C(C)(C)C)cc3OCC)N[C@H]2c2ccc(C#C)cc2)cc1. The van der Waals surface area contributed by atoms with E-state index in [1.54, 1.807) is 0 Å². The molecule has 1 aliphatic heterocycles. The maximum atomic E-state index is 13.3. The molecule has 1 fully saturated rings. The molecule has 3 aromatic rings. The van der Waals surface area contributed by atoms with Gasteiger partial charge in [0.25, 0.3) is 5.24 Å². The van der Waals surface area contributed by atoms with Gasteiger partial charge in [-0.25, -0.2) is 0 Å². The van der Waals surface area contributed by atoms with Gasteiger partial charge in [0.2, 0.25) is 0 Å². The van der Waals surface area contributed by atoms with Crippen LogP contribution in [0, 0.1) is 24.7 Å². The lowest BCUT2D eigenvalue weighted by Crippen LogP contribution is -2.51. The number of carbonyl (C=O) groups is 1. The third-order valence-corrected chi connectivity index (χ3v) is 7.08. The minimum atomic E-state index is -1.40. The van der Waals surface area contributed by atoms with Crippen molar-refractivity contribution in [2.45, 2.75) is 50.9 Å². The van der Waals surface area contributed by atoms with Crippen LogP contribution in [0.1, 0.15) is 73.2 Å². The highest BCUT2D eigenvalue weighted by Gasteiger charge is 2.52. The lowest BCUT2D eigenvalue weighted by molar-refractivity contribution is -0.118. The van der Waals surface area contributed by atoms with Crippen molar-refractivity contribution >= 4 is 16.8 Å². The fourth-order valence-electron chi connectivity index (χ4n) is 4.75. The Balaban J connectivity index is 1.88. The van der Waals surface area contributed by atoms with Gasteiger partial charge in [-0.3, -0.25) is 15.4 Å². The van der Waals surface area contributed by atoms with E-state index in [0.29, 0.717) is 17.9 Å². The summed E-state index contributed by atoms with van der Waals surface area (Å²) in [6, 6.07) is 20.8. The number of nitrogens with one attached hydrogen (secondary N) is 2. The zero-order chi connectivity index (χ0) is 26.8. The van der Waals surface area contributed by atoms with E-state index in [-0.39, 0.29) is 17.5 Å². The third-order valence-electron chi connectivity index (χ3n) is 6.80. The van der Waals surface area contributed by atoms with Crippen LogP contribution in [-0.4, -0.2) is 11.8 Å². The summed E-state index contributed by atoms with van der Waals surface area (Å²) in [7, 11) is 0. The number of carbonyl (C=O) groups excluding carboxylic acids is 1. The fraction of sp³-hybridized carbons (Fsp3) is 0.281. The summed E-state index contributed by atoms with van der Waals surface area (Å²) in [6.07, 6.45) is 11.2. The van der Waals surface area contributed by atoms with Crippen LogP contribution < -0.4 is 15.4 Å². The molecule has 1 aliphatic rings. The van der Waals surface area contributed by atoms with E-state index < -0.39 is 10.9 Å².